The van der Waals surface area contributed by atoms with Gasteiger partial charge in [-0.1, -0.05) is 17.8 Å². The molecule has 0 aromatic carbocycles. The summed E-state index contributed by atoms with van der Waals surface area (Å²) in [6.07, 6.45) is 0.792. The fourth-order valence-corrected chi connectivity index (χ4v) is 6.23. The number of H-pyrrole nitrogens is 1. The minimum atomic E-state index is -4.55. The van der Waals surface area contributed by atoms with Crippen molar-refractivity contribution in [3.8, 4) is 0 Å². The third-order valence-electron chi connectivity index (χ3n) is 7.03. The van der Waals surface area contributed by atoms with Gasteiger partial charge in [0.05, 0.1) is 6.20 Å². The number of hydrogen-bond donors (Lipinski definition) is 2. The van der Waals surface area contributed by atoms with Gasteiger partial charge < -0.3 is 15.6 Å². The Morgan fingerprint density at radius 1 is 1.09 bits per heavy atom. The van der Waals surface area contributed by atoms with Crippen molar-refractivity contribution < 1.29 is 13.2 Å². The van der Waals surface area contributed by atoms with Gasteiger partial charge in [-0.25, -0.2) is 9.97 Å². The number of nitrogens with two attached hydrogens (primary N) is 1. The van der Waals surface area contributed by atoms with E-state index in [1.165, 1.54) is 18.3 Å². The first-order chi connectivity index (χ1) is 16.9. The number of anilines is 1. The molecule has 4 aromatic heterocycles. The van der Waals surface area contributed by atoms with Crippen LogP contribution in [0.3, 0.4) is 0 Å². The van der Waals surface area contributed by atoms with Gasteiger partial charge >= 0.3 is 6.18 Å². The van der Waals surface area contributed by atoms with Crippen LogP contribution >= 0.6 is 11.8 Å². The summed E-state index contributed by atoms with van der Waals surface area (Å²) in [5.41, 5.74) is 7.08. The highest BCUT2D eigenvalue weighted by atomic mass is 32.2. The third-order valence-corrected chi connectivity index (χ3v) is 7.99. The molecule has 1 aliphatic heterocycles. The molecule has 1 saturated carbocycles. The number of imidazole rings is 1. The topological polar surface area (TPSA) is 110 Å². The molecule has 4 aromatic rings. The van der Waals surface area contributed by atoms with E-state index >= 15 is 0 Å². The fourth-order valence-electron chi connectivity index (χ4n) is 5.36. The molecule has 2 fully saturated rings. The van der Waals surface area contributed by atoms with Crippen molar-refractivity contribution in [3.05, 3.63) is 60.3 Å². The number of aromatic nitrogens is 6. The lowest BCUT2D eigenvalue weighted by molar-refractivity contribution is -0.143. The Morgan fingerprint density at radius 2 is 1.94 bits per heavy atom. The number of alkyl halides is 3. The molecule has 0 radical (unpaired) electrons. The quantitative estimate of drug-likeness (QED) is 0.429. The number of hydrogen-bond acceptors (Lipinski definition) is 8. The molecular weight excluding hydrogens is 477 g/mol. The minimum Gasteiger partial charge on any atom is -0.342 e. The van der Waals surface area contributed by atoms with Crippen LogP contribution in [0.2, 0.25) is 0 Å². The van der Waals surface area contributed by atoms with Crippen molar-refractivity contribution in [2.75, 3.05) is 24.5 Å². The maximum absolute atomic E-state index is 13.3. The average Bonchev–Trinajstić information content (AvgIpc) is 3.33. The lowest BCUT2D eigenvalue weighted by Gasteiger charge is -2.25. The number of aromatic amines is 1. The molecule has 1 saturated heterocycles. The van der Waals surface area contributed by atoms with Crippen molar-refractivity contribution in [1.29, 1.82) is 0 Å². The third kappa shape index (κ3) is 3.71. The lowest BCUT2D eigenvalue weighted by atomic mass is 9.96. The van der Waals surface area contributed by atoms with E-state index in [9.17, 15) is 13.2 Å². The van der Waals surface area contributed by atoms with Crippen LogP contribution in [0.15, 0.2) is 58.8 Å². The average molecular weight is 499 g/mol. The first kappa shape index (κ1) is 22.2. The second-order valence-electron chi connectivity index (χ2n) is 8.80. The summed E-state index contributed by atoms with van der Waals surface area (Å²) >= 11 is 0.864. The Morgan fingerprint density at radius 3 is 2.71 bits per heavy atom. The number of piperidine rings is 1. The highest BCUT2D eigenvalue weighted by molar-refractivity contribution is 7.99. The summed E-state index contributed by atoms with van der Waals surface area (Å²) < 4.78 is 39.9. The Hall–Kier alpha value is -3.25. The molecule has 2 aliphatic rings. The molecule has 5 heterocycles. The first-order valence-corrected chi connectivity index (χ1v) is 12.0. The second kappa shape index (κ2) is 8.16. The van der Waals surface area contributed by atoms with Crippen LogP contribution in [-0.2, 0) is 11.6 Å². The molecule has 180 valence electrons. The van der Waals surface area contributed by atoms with Crippen molar-refractivity contribution in [1.82, 2.24) is 29.9 Å². The van der Waals surface area contributed by atoms with E-state index in [0.29, 0.717) is 40.6 Å². The second-order valence-corrected chi connectivity index (χ2v) is 9.86. The standard InChI is InChI=1S/C23H21F3N8S/c24-23(25,26)18-15(4-3-8-29-18)35-17-10-30-19-20(31-17)33-21(32-19)34-9-6-13-14(11-34)22(13,12-27)16-5-1-2-7-28-16/h1-5,7-8,10,13-14H,6,9,11-12,27H2,(H,30,31,32,33). The van der Waals surface area contributed by atoms with Crippen LogP contribution < -0.4 is 10.6 Å². The molecule has 6 rings (SSSR count). The molecular formula is C23H21F3N8S. The molecule has 1 aliphatic carbocycles. The van der Waals surface area contributed by atoms with E-state index in [4.69, 9.17) is 5.73 Å². The Labute approximate surface area is 202 Å². The molecule has 3 N–H and O–H groups in total. The predicted octanol–water partition coefficient (Wildman–Crippen LogP) is 3.67. The maximum Gasteiger partial charge on any atom is 0.434 e. The fraction of sp³-hybridized carbons (Fsp3) is 0.348. The zero-order valence-corrected chi connectivity index (χ0v) is 19.2. The SMILES string of the molecule is NCC1(c2ccccn2)C2CCN(c3nc4nc(Sc5cccnc5C(F)(F)F)cnc4[nH]3)CC21. The number of pyridine rings is 2. The summed E-state index contributed by atoms with van der Waals surface area (Å²) in [7, 11) is 0. The van der Waals surface area contributed by atoms with Crippen LogP contribution in [0.1, 0.15) is 17.8 Å². The lowest BCUT2D eigenvalue weighted by Crippen LogP contribution is -2.32. The van der Waals surface area contributed by atoms with Crippen LogP contribution in [0.25, 0.3) is 11.3 Å². The highest BCUT2D eigenvalue weighted by Crippen LogP contribution is 2.62. The largest absolute Gasteiger partial charge is 0.434 e. The molecule has 12 heteroatoms. The minimum absolute atomic E-state index is 0.0344. The Balaban J connectivity index is 1.23. The van der Waals surface area contributed by atoms with Gasteiger partial charge in [0.15, 0.2) is 17.0 Å². The predicted molar refractivity (Wildman–Crippen MR) is 124 cm³/mol. The molecule has 3 unspecified atom stereocenters. The van der Waals surface area contributed by atoms with Gasteiger partial charge in [-0.05, 0) is 42.5 Å². The molecule has 0 bridgehead atoms. The Bertz CT molecular complexity index is 1380. The van der Waals surface area contributed by atoms with E-state index < -0.39 is 11.9 Å². The number of nitrogens with one attached hydrogen (secondary N) is 1. The van der Waals surface area contributed by atoms with Crippen molar-refractivity contribution in [2.45, 2.75) is 27.9 Å². The van der Waals surface area contributed by atoms with E-state index in [0.717, 1.165) is 43.2 Å². The normalized spacial score (nSPS) is 23.9. The number of halogens is 3. The van der Waals surface area contributed by atoms with Gasteiger partial charge in [-0.15, -0.1) is 0 Å². The van der Waals surface area contributed by atoms with Crippen LogP contribution in [0, 0.1) is 11.8 Å². The van der Waals surface area contributed by atoms with Gasteiger partial charge in [0, 0.05) is 48.0 Å². The van der Waals surface area contributed by atoms with Crippen LogP contribution in [0.5, 0.6) is 0 Å². The van der Waals surface area contributed by atoms with Gasteiger partial charge in [-0.3, -0.25) is 9.97 Å². The van der Waals surface area contributed by atoms with E-state index in [1.807, 2.05) is 18.3 Å². The summed E-state index contributed by atoms with van der Waals surface area (Å²) in [6.45, 7) is 2.14. The first-order valence-electron chi connectivity index (χ1n) is 11.2. The number of rotatable bonds is 5. The van der Waals surface area contributed by atoms with Crippen LogP contribution in [-0.4, -0.2) is 49.5 Å². The van der Waals surface area contributed by atoms with Crippen LogP contribution in [0.4, 0.5) is 19.1 Å². The molecule has 3 atom stereocenters. The smallest absolute Gasteiger partial charge is 0.342 e. The molecule has 8 nitrogen and oxygen atoms in total. The van der Waals surface area contributed by atoms with Gasteiger partial charge in [0.2, 0.25) is 5.95 Å². The summed E-state index contributed by atoms with van der Waals surface area (Å²) in [5.74, 6) is 1.52. The number of fused-ring (bicyclic) bond motifs is 2. The van der Waals surface area contributed by atoms with Crippen molar-refractivity contribution in [2.24, 2.45) is 17.6 Å². The van der Waals surface area contributed by atoms with Crippen molar-refractivity contribution >= 4 is 29.0 Å². The summed E-state index contributed by atoms with van der Waals surface area (Å²) in [6, 6.07) is 8.79. The molecule has 0 spiro atoms. The van der Waals surface area contributed by atoms with Crippen molar-refractivity contribution in [3.63, 3.8) is 0 Å². The molecule has 35 heavy (non-hydrogen) atoms. The highest BCUT2D eigenvalue weighted by Gasteiger charge is 2.66. The summed E-state index contributed by atoms with van der Waals surface area (Å²) in [4.78, 5) is 26.8. The van der Waals surface area contributed by atoms with E-state index in [-0.39, 0.29) is 10.3 Å². The van der Waals surface area contributed by atoms with E-state index in [1.54, 1.807) is 0 Å². The number of nitrogens with zero attached hydrogens (tertiary/aromatic N) is 6. The molecule has 0 amide bonds. The van der Waals surface area contributed by atoms with Gasteiger partial charge in [-0.2, -0.15) is 18.2 Å². The maximum atomic E-state index is 13.3. The zero-order chi connectivity index (χ0) is 24.2. The van der Waals surface area contributed by atoms with E-state index in [2.05, 4.69) is 40.9 Å². The summed E-state index contributed by atoms with van der Waals surface area (Å²) in [5, 5.41) is 0.312. The monoisotopic (exact) mass is 498 g/mol. The zero-order valence-electron chi connectivity index (χ0n) is 18.4. The van der Waals surface area contributed by atoms with Gasteiger partial charge in [0.1, 0.15) is 5.03 Å². The van der Waals surface area contributed by atoms with Gasteiger partial charge in [0.25, 0.3) is 0 Å². The Kier molecular flexibility index (Phi) is 5.18.